The van der Waals surface area contributed by atoms with Crippen LogP contribution in [0.5, 0.6) is 0 Å². The van der Waals surface area contributed by atoms with Gasteiger partial charge in [-0.2, -0.15) is 0 Å². The van der Waals surface area contributed by atoms with E-state index in [1.54, 1.807) is 0 Å². The predicted molar refractivity (Wildman–Crippen MR) is 97.8 cm³/mol. The molecule has 0 bridgehead atoms. The number of nitrogens with one attached hydrogen (secondary N) is 1. The molecule has 3 aliphatic rings. The first kappa shape index (κ1) is 17.5. The molecule has 140 valence electrons. The van der Waals surface area contributed by atoms with E-state index in [-0.39, 0.29) is 17.9 Å². The monoisotopic (exact) mass is 357 g/mol. The lowest BCUT2D eigenvalue weighted by Gasteiger charge is -2.36. The average Bonchev–Trinajstić information content (AvgIpc) is 2.99. The van der Waals surface area contributed by atoms with E-state index in [4.69, 9.17) is 4.74 Å². The molecule has 0 saturated carbocycles. The first-order valence-corrected chi connectivity index (χ1v) is 9.68. The summed E-state index contributed by atoms with van der Waals surface area (Å²) < 4.78 is 5.41. The molecular formula is C20H27N3O3. The van der Waals surface area contributed by atoms with Crippen molar-refractivity contribution in [1.82, 2.24) is 15.1 Å². The maximum atomic E-state index is 12.7. The number of amides is 2. The van der Waals surface area contributed by atoms with Gasteiger partial charge >= 0.3 is 0 Å². The number of benzene rings is 1. The van der Waals surface area contributed by atoms with Crippen LogP contribution in [0.1, 0.15) is 41.2 Å². The Kier molecular flexibility index (Phi) is 5.22. The zero-order chi connectivity index (χ0) is 17.9. The van der Waals surface area contributed by atoms with Gasteiger partial charge in [0, 0.05) is 38.3 Å². The van der Waals surface area contributed by atoms with E-state index in [1.807, 2.05) is 29.2 Å². The molecule has 2 saturated heterocycles. The quantitative estimate of drug-likeness (QED) is 0.886. The number of hydrogen-bond donors (Lipinski definition) is 1. The van der Waals surface area contributed by atoms with Gasteiger partial charge in [-0.05, 0) is 30.4 Å². The molecule has 0 aromatic heterocycles. The number of piperidine rings is 1. The number of fused-ring (bicyclic) bond motifs is 1. The van der Waals surface area contributed by atoms with Crippen LogP contribution in [0.25, 0.3) is 0 Å². The van der Waals surface area contributed by atoms with Crippen LogP contribution in [0.3, 0.4) is 0 Å². The molecule has 1 unspecified atom stereocenters. The standard InChI is InChI=1S/C20H27N3O3/c24-19(13-18-16-3-1-2-4-17(16)20(25)21-18)23-7-5-15(6-8-23)14-22-9-11-26-12-10-22/h1-4,15,18H,5-14H2,(H,21,25). The Hall–Kier alpha value is -1.92. The lowest BCUT2D eigenvalue weighted by atomic mass is 9.95. The number of carbonyl (C=O) groups is 2. The van der Waals surface area contributed by atoms with Crippen molar-refractivity contribution in [2.45, 2.75) is 25.3 Å². The van der Waals surface area contributed by atoms with E-state index in [1.165, 1.54) is 0 Å². The second-order valence-corrected chi connectivity index (χ2v) is 7.55. The summed E-state index contributed by atoms with van der Waals surface area (Å²) in [5, 5.41) is 2.95. The smallest absolute Gasteiger partial charge is 0.252 e. The third-order valence-electron chi connectivity index (χ3n) is 5.85. The number of likely N-dealkylation sites (tertiary alicyclic amines) is 1. The molecule has 3 aliphatic heterocycles. The highest BCUT2D eigenvalue weighted by atomic mass is 16.5. The van der Waals surface area contributed by atoms with Crippen molar-refractivity contribution in [3.63, 3.8) is 0 Å². The van der Waals surface area contributed by atoms with Crippen molar-refractivity contribution >= 4 is 11.8 Å². The zero-order valence-corrected chi connectivity index (χ0v) is 15.2. The van der Waals surface area contributed by atoms with Crippen LogP contribution in [0, 0.1) is 5.92 Å². The number of hydrogen-bond acceptors (Lipinski definition) is 4. The minimum absolute atomic E-state index is 0.0670. The molecule has 6 nitrogen and oxygen atoms in total. The maximum Gasteiger partial charge on any atom is 0.252 e. The molecule has 0 aliphatic carbocycles. The number of ether oxygens (including phenoxy) is 1. The Labute approximate surface area is 154 Å². The summed E-state index contributed by atoms with van der Waals surface area (Å²) in [6.45, 7) is 6.52. The largest absolute Gasteiger partial charge is 0.379 e. The predicted octanol–water partition coefficient (Wildman–Crippen LogP) is 1.43. The topological polar surface area (TPSA) is 61.9 Å². The minimum Gasteiger partial charge on any atom is -0.379 e. The molecule has 1 N–H and O–H groups in total. The molecule has 2 fully saturated rings. The van der Waals surface area contributed by atoms with Gasteiger partial charge in [0.2, 0.25) is 5.91 Å². The zero-order valence-electron chi connectivity index (χ0n) is 15.2. The number of nitrogens with zero attached hydrogens (tertiary/aromatic N) is 2. The third-order valence-corrected chi connectivity index (χ3v) is 5.85. The highest BCUT2D eigenvalue weighted by Crippen LogP contribution is 2.29. The normalized spacial score (nSPS) is 24.4. The first-order chi connectivity index (χ1) is 12.7. The highest BCUT2D eigenvalue weighted by Gasteiger charge is 2.32. The van der Waals surface area contributed by atoms with E-state index < -0.39 is 0 Å². The van der Waals surface area contributed by atoms with Crippen LogP contribution in [0.4, 0.5) is 0 Å². The van der Waals surface area contributed by atoms with Crippen LogP contribution in [0.2, 0.25) is 0 Å². The molecule has 1 atom stereocenters. The van der Waals surface area contributed by atoms with Gasteiger partial charge in [0.15, 0.2) is 0 Å². The molecule has 0 radical (unpaired) electrons. The molecule has 0 spiro atoms. The van der Waals surface area contributed by atoms with Gasteiger partial charge in [0.05, 0.1) is 25.7 Å². The summed E-state index contributed by atoms with van der Waals surface area (Å²) >= 11 is 0. The van der Waals surface area contributed by atoms with Gasteiger partial charge in [-0.3, -0.25) is 14.5 Å². The lowest BCUT2D eigenvalue weighted by molar-refractivity contribution is -0.133. The molecule has 4 rings (SSSR count). The fourth-order valence-electron chi connectivity index (χ4n) is 4.30. The molecule has 3 heterocycles. The van der Waals surface area contributed by atoms with E-state index in [0.29, 0.717) is 17.9 Å². The van der Waals surface area contributed by atoms with Gasteiger partial charge < -0.3 is 15.0 Å². The number of rotatable bonds is 4. The van der Waals surface area contributed by atoms with Crippen LogP contribution >= 0.6 is 0 Å². The Morgan fingerprint density at radius 2 is 1.85 bits per heavy atom. The van der Waals surface area contributed by atoms with Gasteiger partial charge in [-0.15, -0.1) is 0 Å². The Balaban J connectivity index is 1.27. The summed E-state index contributed by atoms with van der Waals surface area (Å²) in [7, 11) is 0. The van der Waals surface area contributed by atoms with Crippen LogP contribution in [-0.2, 0) is 9.53 Å². The molecule has 1 aromatic rings. The van der Waals surface area contributed by atoms with Crippen molar-refractivity contribution in [3.05, 3.63) is 35.4 Å². The number of carbonyl (C=O) groups excluding carboxylic acids is 2. The molecular weight excluding hydrogens is 330 g/mol. The van der Waals surface area contributed by atoms with Crippen LogP contribution in [0.15, 0.2) is 24.3 Å². The second-order valence-electron chi connectivity index (χ2n) is 7.55. The van der Waals surface area contributed by atoms with Gasteiger partial charge in [0.25, 0.3) is 5.91 Å². The van der Waals surface area contributed by atoms with Crippen LogP contribution in [-0.4, -0.2) is 67.6 Å². The van der Waals surface area contributed by atoms with Crippen molar-refractivity contribution in [2.75, 3.05) is 45.9 Å². The average molecular weight is 357 g/mol. The number of morpholine rings is 1. The Morgan fingerprint density at radius 1 is 1.12 bits per heavy atom. The van der Waals surface area contributed by atoms with Gasteiger partial charge in [-0.25, -0.2) is 0 Å². The Morgan fingerprint density at radius 3 is 2.62 bits per heavy atom. The molecule has 6 heteroatoms. The minimum atomic E-state index is -0.183. The van der Waals surface area contributed by atoms with E-state index in [2.05, 4.69) is 10.2 Å². The fraction of sp³-hybridized carbons (Fsp3) is 0.600. The SMILES string of the molecule is O=C1NC(CC(=O)N2CCC(CN3CCOCC3)CC2)c2ccccc21. The van der Waals surface area contributed by atoms with E-state index >= 15 is 0 Å². The van der Waals surface area contributed by atoms with Gasteiger partial charge in [0.1, 0.15) is 0 Å². The molecule has 1 aromatic carbocycles. The summed E-state index contributed by atoms with van der Waals surface area (Å²) in [6.07, 6.45) is 2.49. The van der Waals surface area contributed by atoms with Crippen molar-refractivity contribution in [3.8, 4) is 0 Å². The fourth-order valence-corrected chi connectivity index (χ4v) is 4.30. The van der Waals surface area contributed by atoms with E-state index in [0.717, 1.165) is 64.3 Å². The lowest BCUT2D eigenvalue weighted by Crippen LogP contribution is -2.44. The van der Waals surface area contributed by atoms with Crippen molar-refractivity contribution in [1.29, 1.82) is 0 Å². The summed E-state index contributed by atoms with van der Waals surface area (Å²) in [4.78, 5) is 29.2. The summed E-state index contributed by atoms with van der Waals surface area (Å²) in [5.41, 5.74) is 1.66. The molecule has 2 amide bonds. The maximum absolute atomic E-state index is 12.7. The summed E-state index contributed by atoms with van der Waals surface area (Å²) in [6, 6.07) is 7.37. The molecule has 26 heavy (non-hydrogen) atoms. The Bertz CT molecular complexity index is 664. The highest BCUT2D eigenvalue weighted by molar-refractivity contribution is 5.99. The van der Waals surface area contributed by atoms with Crippen LogP contribution < -0.4 is 5.32 Å². The van der Waals surface area contributed by atoms with Crippen molar-refractivity contribution < 1.29 is 14.3 Å². The third kappa shape index (κ3) is 3.76. The van der Waals surface area contributed by atoms with E-state index in [9.17, 15) is 9.59 Å². The first-order valence-electron chi connectivity index (χ1n) is 9.68. The second kappa shape index (κ2) is 7.76. The van der Waals surface area contributed by atoms with Gasteiger partial charge in [-0.1, -0.05) is 18.2 Å². The van der Waals surface area contributed by atoms with Crippen molar-refractivity contribution in [2.24, 2.45) is 5.92 Å². The summed E-state index contributed by atoms with van der Waals surface area (Å²) in [5.74, 6) is 0.753.